The lowest BCUT2D eigenvalue weighted by atomic mass is 10.1. The molecule has 1 aromatic carbocycles. The van der Waals surface area contributed by atoms with Gasteiger partial charge in [-0.2, -0.15) is 0 Å². The molecule has 0 unspecified atom stereocenters. The Morgan fingerprint density at radius 1 is 1.33 bits per heavy atom. The van der Waals surface area contributed by atoms with Crippen LogP contribution in [0.15, 0.2) is 18.2 Å². The Kier molecular flexibility index (Phi) is 4.83. The van der Waals surface area contributed by atoms with E-state index in [-0.39, 0.29) is 30.3 Å². The lowest BCUT2D eigenvalue weighted by Crippen LogP contribution is -2.11. The first-order valence-corrected chi connectivity index (χ1v) is 5.61. The Bertz CT molecular complexity index is 454. The molecule has 18 heavy (non-hydrogen) atoms. The van der Waals surface area contributed by atoms with E-state index in [9.17, 15) is 14.0 Å². The molecule has 0 saturated carbocycles. The number of carbonyl (C=O) groups is 2. The van der Waals surface area contributed by atoms with Gasteiger partial charge in [-0.3, -0.25) is 9.59 Å². The summed E-state index contributed by atoms with van der Waals surface area (Å²) >= 11 is 0. The highest BCUT2D eigenvalue weighted by Crippen LogP contribution is 2.23. The number of halogens is 1. The van der Waals surface area contributed by atoms with Crippen LogP contribution in [0.25, 0.3) is 0 Å². The lowest BCUT2D eigenvalue weighted by Gasteiger charge is -2.13. The predicted octanol–water partition coefficient (Wildman–Crippen LogP) is 2.66. The van der Waals surface area contributed by atoms with Crippen LogP contribution in [0.1, 0.15) is 37.0 Å². The summed E-state index contributed by atoms with van der Waals surface area (Å²) in [6.45, 7) is 3.57. The van der Waals surface area contributed by atoms with Crippen molar-refractivity contribution in [1.82, 2.24) is 0 Å². The van der Waals surface area contributed by atoms with Crippen LogP contribution < -0.4 is 4.74 Å². The van der Waals surface area contributed by atoms with Gasteiger partial charge in [-0.25, -0.2) is 4.39 Å². The van der Waals surface area contributed by atoms with Crippen molar-refractivity contribution in [3.63, 3.8) is 0 Å². The standard InChI is InChI=1S/C13H15FO4/c1-8(2)18-12-5-3-9(14)7-10(12)11(15)4-6-13(16)17/h3,5,7-8H,4,6H2,1-2H3,(H,16,17). The van der Waals surface area contributed by atoms with Crippen LogP contribution in [0.2, 0.25) is 0 Å². The van der Waals surface area contributed by atoms with E-state index in [1.54, 1.807) is 13.8 Å². The minimum absolute atomic E-state index is 0.0879. The van der Waals surface area contributed by atoms with Crippen LogP contribution in [0, 0.1) is 5.82 Å². The molecule has 0 atom stereocenters. The van der Waals surface area contributed by atoms with Gasteiger partial charge in [-0.1, -0.05) is 0 Å². The van der Waals surface area contributed by atoms with E-state index in [1.165, 1.54) is 12.1 Å². The van der Waals surface area contributed by atoms with Gasteiger partial charge in [0.1, 0.15) is 11.6 Å². The molecule has 1 aromatic rings. The van der Waals surface area contributed by atoms with Gasteiger partial charge in [0.15, 0.2) is 5.78 Å². The number of ketones is 1. The number of rotatable bonds is 6. The summed E-state index contributed by atoms with van der Waals surface area (Å²) in [5.41, 5.74) is 0.0879. The maximum atomic E-state index is 13.1. The summed E-state index contributed by atoms with van der Waals surface area (Å²) in [5.74, 6) is -1.77. The fourth-order valence-corrected chi connectivity index (χ4v) is 1.43. The highest BCUT2D eigenvalue weighted by molar-refractivity contribution is 5.99. The summed E-state index contributed by atoms with van der Waals surface area (Å²) in [6, 6.07) is 3.65. The van der Waals surface area contributed by atoms with E-state index in [0.717, 1.165) is 6.07 Å². The van der Waals surface area contributed by atoms with Crippen LogP contribution in [0.3, 0.4) is 0 Å². The van der Waals surface area contributed by atoms with Crippen molar-refractivity contribution < 1.29 is 23.8 Å². The maximum absolute atomic E-state index is 13.1. The number of carboxylic acid groups (broad SMARTS) is 1. The quantitative estimate of drug-likeness (QED) is 0.793. The monoisotopic (exact) mass is 254 g/mol. The number of benzene rings is 1. The molecule has 1 rings (SSSR count). The SMILES string of the molecule is CC(C)Oc1ccc(F)cc1C(=O)CCC(=O)O. The van der Waals surface area contributed by atoms with Crippen LogP contribution in [0.5, 0.6) is 5.75 Å². The van der Waals surface area contributed by atoms with Gasteiger partial charge in [0.05, 0.1) is 18.1 Å². The van der Waals surface area contributed by atoms with Crippen LogP contribution in [-0.4, -0.2) is 23.0 Å². The third kappa shape index (κ3) is 4.16. The molecule has 0 amide bonds. The molecular weight excluding hydrogens is 239 g/mol. The van der Waals surface area contributed by atoms with Crippen molar-refractivity contribution in [1.29, 1.82) is 0 Å². The molecule has 0 aliphatic heterocycles. The average Bonchev–Trinajstić information content (AvgIpc) is 2.27. The first kappa shape index (κ1) is 14.2. The molecule has 0 radical (unpaired) electrons. The van der Waals surface area contributed by atoms with Crippen molar-refractivity contribution in [3.05, 3.63) is 29.6 Å². The number of ether oxygens (including phenoxy) is 1. The topological polar surface area (TPSA) is 63.6 Å². The molecule has 98 valence electrons. The second-order valence-electron chi connectivity index (χ2n) is 4.12. The van der Waals surface area contributed by atoms with E-state index >= 15 is 0 Å². The summed E-state index contributed by atoms with van der Waals surface area (Å²) in [7, 11) is 0. The van der Waals surface area contributed by atoms with Crippen LogP contribution in [0.4, 0.5) is 4.39 Å². The number of hydrogen-bond acceptors (Lipinski definition) is 3. The Labute approximate surface area is 104 Å². The minimum atomic E-state index is -1.06. The number of Topliss-reactive ketones (excluding diaryl/α,β-unsaturated/α-hetero) is 1. The molecule has 0 aromatic heterocycles. The highest BCUT2D eigenvalue weighted by Gasteiger charge is 2.15. The number of aliphatic carboxylic acids is 1. The molecule has 0 spiro atoms. The zero-order valence-corrected chi connectivity index (χ0v) is 10.3. The van der Waals surface area contributed by atoms with Gasteiger partial charge in [-0.05, 0) is 32.0 Å². The Morgan fingerprint density at radius 2 is 2.00 bits per heavy atom. The molecule has 0 aliphatic carbocycles. The summed E-state index contributed by atoms with van der Waals surface area (Å²) in [6.07, 6.45) is -0.606. The number of hydrogen-bond donors (Lipinski definition) is 1. The minimum Gasteiger partial charge on any atom is -0.490 e. The average molecular weight is 254 g/mol. The second kappa shape index (κ2) is 6.14. The highest BCUT2D eigenvalue weighted by atomic mass is 19.1. The molecule has 1 N–H and O–H groups in total. The molecular formula is C13H15FO4. The molecule has 0 heterocycles. The smallest absolute Gasteiger partial charge is 0.303 e. The molecule has 4 nitrogen and oxygen atoms in total. The van der Waals surface area contributed by atoms with Gasteiger partial charge >= 0.3 is 5.97 Å². The molecule has 0 aliphatic rings. The van der Waals surface area contributed by atoms with Gasteiger partial charge in [-0.15, -0.1) is 0 Å². The van der Waals surface area contributed by atoms with Gasteiger partial charge in [0, 0.05) is 6.42 Å². The summed E-state index contributed by atoms with van der Waals surface area (Å²) in [5, 5.41) is 8.52. The normalized spacial score (nSPS) is 10.4. The van der Waals surface area contributed by atoms with Crippen LogP contribution >= 0.6 is 0 Å². The Balaban J connectivity index is 2.93. The zero-order valence-electron chi connectivity index (χ0n) is 10.3. The van der Waals surface area contributed by atoms with E-state index in [2.05, 4.69) is 0 Å². The largest absolute Gasteiger partial charge is 0.490 e. The summed E-state index contributed by atoms with van der Waals surface area (Å²) < 4.78 is 18.5. The third-order valence-corrected chi connectivity index (χ3v) is 2.17. The predicted molar refractivity (Wildman–Crippen MR) is 63.4 cm³/mol. The molecule has 5 heteroatoms. The van der Waals surface area contributed by atoms with Crippen molar-refractivity contribution in [2.24, 2.45) is 0 Å². The first-order valence-electron chi connectivity index (χ1n) is 5.61. The van der Waals surface area contributed by atoms with E-state index in [0.29, 0.717) is 0 Å². The van der Waals surface area contributed by atoms with E-state index in [4.69, 9.17) is 9.84 Å². The second-order valence-corrected chi connectivity index (χ2v) is 4.12. The number of carboxylic acids is 1. The summed E-state index contributed by atoms with van der Waals surface area (Å²) in [4.78, 5) is 22.2. The van der Waals surface area contributed by atoms with Crippen LogP contribution in [-0.2, 0) is 4.79 Å². The van der Waals surface area contributed by atoms with Crippen molar-refractivity contribution >= 4 is 11.8 Å². The molecule has 0 bridgehead atoms. The third-order valence-electron chi connectivity index (χ3n) is 2.17. The van der Waals surface area contributed by atoms with Gasteiger partial charge < -0.3 is 9.84 Å². The van der Waals surface area contributed by atoms with E-state index in [1.807, 2.05) is 0 Å². The number of carbonyl (C=O) groups excluding carboxylic acids is 1. The molecule has 0 fully saturated rings. The Morgan fingerprint density at radius 3 is 2.56 bits per heavy atom. The van der Waals surface area contributed by atoms with Crippen molar-refractivity contribution in [2.75, 3.05) is 0 Å². The maximum Gasteiger partial charge on any atom is 0.303 e. The fraction of sp³-hybridized carbons (Fsp3) is 0.385. The van der Waals surface area contributed by atoms with Gasteiger partial charge in [0.25, 0.3) is 0 Å². The Hall–Kier alpha value is -1.91. The van der Waals surface area contributed by atoms with Gasteiger partial charge in [0.2, 0.25) is 0 Å². The van der Waals surface area contributed by atoms with E-state index < -0.39 is 17.6 Å². The zero-order chi connectivity index (χ0) is 13.7. The molecule has 0 saturated heterocycles. The van der Waals surface area contributed by atoms with Crippen molar-refractivity contribution in [3.8, 4) is 5.75 Å². The lowest BCUT2D eigenvalue weighted by molar-refractivity contribution is -0.136. The fourth-order valence-electron chi connectivity index (χ4n) is 1.43. The first-order chi connectivity index (χ1) is 8.40. The van der Waals surface area contributed by atoms with Crippen molar-refractivity contribution in [2.45, 2.75) is 32.8 Å².